The number of benzene rings is 1. The van der Waals surface area contributed by atoms with Crippen molar-refractivity contribution in [3.63, 3.8) is 0 Å². The second-order valence-electron chi connectivity index (χ2n) is 5.58. The van der Waals surface area contributed by atoms with Gasteiger partial charge in [0, 0.05) is 6.42 Å². The molecule has 0 unspecified atom stereocenters. The molecule has 1 aromatic rings. The number of hydrogen-bond donors (Lipinski definition) is 1. The summed E-state index contributed by atoms with van der Waals surface area (Å²) in [5.74, 6) is 0.322. The van der Waals surface area contributed by atoms with Gasteiger partial charge < -0.3 is 14.7 Å². The first-order valence-electron chi connectivity index (χ1n) is 7.56. The molecule has 0 aromatic heterocycles. The van der Waals surface area contributed by atoms with Gasteiger partial charge in [-0.3, -0.25) is 0 Å². The molecule has 0 heterocycles. The van der Waals surface area contributed by atoms with E-state index in [2.05, 4.69) is 5.16 Å². The van der Waals surface area contributed by atoms with Gasteiger partial charge >= 0.3 is 5.97 Å². The highest BCUT2D eigenvalue weighted by Gasteiger charge is 2.15. The lowest BCUT2D eigenvalue weighted by molar-refractivity contribution is -0.139. The zero-order valence-electron chi connectivity index (χ0n) is 13.8. The monoisotopic (exact) mass is 307 g/mol. The molecule has 0 aliphatic heterocycles. The van der Waals surface area contributed by atoms with Gasteiger partial charge in [-0.25, -0.2) is 4.79 Å². The number of ether oxygens (including phenoxy) is 2. The Morgan fingerprint density at radius 1 is 1.27 bits per heavy atom. The van der Waals surface area contributed by atoms with Crippen molar-refractivity contribution >= 4 is 11.7 Å². The van der Waals surface area contributed by atoms with E-state index in [-0.39, 0.29) is 11.8 Å². The van der Waals surface area contributed by atoms with Crippen LogP contribution in [0.1, 0.15) is 44.2 Å². The maximum atomic E-state index is 11.6. The first kappa shape index (κ1) is 18.0. The minimum atomic E-state index is -0.562. The van der Waals surface area contributed by atoms with Crippen LogP contribution in [0.15, 0.2) is 23.4 Å². The number of carbonyl (C=O) groups excluding carboxylic acids is 1. The number of esters is 1. The van der Waals surface area contributed by atoms with Gasteiger partial charge in [0.25, 0.3) is 0 Å². The van der Waals surface area contributed by atoms with Gasteiger partial charge in [0.15, 0.2) is 5.71 Å². The molecule has 0 aliphatic rings. The van der Waals surface area contributed by atoms with E-state index in [0.29, 0.717) is 19.4 Å². The fourth-order valence-electron chi connectivity index (χ4n) is 1.91. The Labute approximate surface area is 131 Å². The summed E-state index contributed by atoms with van der Waals surface area (Å²) in [6, 6.07) is 6.09. The highest BCUT2D eigenvalue weighted by molar-refractivity contribution is 6.36. The van der Waals surface area contributed by atoms with Crippen molar-refractivity contribution < 1.29 is 19.5 Å². The van der Waals surface area contributed by atoms with Crippen LogP contribution in [0, 0.1) is 13.8 Å². The van der Waals surface area contributed by atoms with Gasteiger partial charge in [0.1, 0.15) is 5.75 Å². The minimum Gasteiger partial charge on any atom is -0.493 e. The fraction of sp³-hybridized carbons (Fsp3) is 0.529. The third-order valence-electron chi connectivity index (χ3n) is 3.11. The van der Waals surface area contributed by atoms with Gasteiger partial charge in [-0.15, -0.1) is 0 Å². The Morgan fingerprint density at radius 3 is 2.64 bits per heavy atom. The highest BCUT2D eigenvalue weighted by atomic mass is 16.5. The number of hydrogen-bond acceptors (Lipinski definition) is 5. The normalized spacial score (nSPS) is 11.6. The van der Waals surface area contributed by atoms with Gasteiger partial charge in [0.2, 0.25) is 0 Å². The van der Waals surface area contributed by atoms with Crippen LogP contribution >= 0.6 is 0 Å². The lowest BCUT2D eigenvalue weighted by Gasteiger charge is -2.10. The van der Waals surface area contributed by atoms with E-state index in [1.807, 2.05) is 32.0 Å². The highest BCUT2D eigenvalue weighted by Crippen LogP contribution is 2.19. The van der Waals surface area contributed by atoms with E-state index in [4.69, 9.17) is 14.7 Å². The molecule has 1 N–H and O–H groups in total. The zero-order chi connectivity index (χ0) is 16.5. The van der Waals surface area contributed by atoms with Crippen LogP contribution in [0.25, 0.3) is 0 Å². The van der Waals surface area contributed by atoms with Crippen LogP contribution in [0.3, 0.4) is 0 Å². The summed E-state index contributed by atoms with van der Waals surface area (Å²) in [7, 11) is 0. The van der Waals surface area contributed by atoms with E-state index in [9.17, 15) is 4.79 Å². The molecule has 0 radical (unpaired) electrons. The summed E-state index contributed by atoms with van der Waals surface area (Å²) in [4.78, 5) is 11.6. The van der Waals surface area contributed by atoms with Crippen LogP contribution in [-0.4, -0.2) is 29.6 Å². The summed E-state index contributed by atoms with van der Waals surface area (Å²) in [6.45, 7) is 8.10. The molecule has 0 fully saturated rings. The van der Waals surface area contributed by atoms with Crippen LogP contribution in [0.2, 0.25) is 0 Å². The molecule has 0 bridgehead atoms. The van der Waals surface area contributed by atoms with E-state index in [1.165, 1.54) is 0 Å². The standard InChI is InChI=1S/C17H25NO4/c1-12(2)22-17(19)15(18-20)7-5-6-10-21-16-11-13(3)8-9-14(16)4/h8-9,11-12,20H,5-7,10H2,1-4H3. The predicted octanol–water partition coefficient (Wildman–Crippen LogP) is 3.63. The van der Waals surface area contributed by atoms with E-state index >= 15 is 0 Å². The predicted molar refractivity (Wildman–Crippen MR) is 85.7 cm³/mol. The van der Waals surface area contributed by atoms with Crippen molar-refractivity contribution in [1.82, 2.24) is 0 Å². The molecule has 5 heteroatoms. The number of unbranched alkanes of at least 4 members (excludes halogenated alkanes) is 1. The van der Waals surface area contributed by atoms with Crippen molar-refractivity contribution in [3.05, 3.63) is 29.3 Å². The molecule has 1 aromatic carbocycles. The molecule has 0 amide bonds. The molecular formula is C17H25NO4. The SMILES string of the molecule is Cc1ccc(C)c(OCCCCC(=NO)C(=O)OC(C)C)c1. The maximum absolute atomic E-state index is 11.6. The molecule has 122 valence electrons. The second-order valence-corrected chi connectivity index (χ2v) is 5.58. The Balaban J connectivity index is 2.32. The molecule has 0 saturated carbocycles. The lowest BCUT2D eigenvalue weighted by atomic mass is 10.1. The average Bonchev–Trinajstić information content (AvgIpc) is 2.45. The number of carbonyl (C=O) groups is 1. The Morgan fingerprint density at radius 2 is 2.00 bits per heavy atom. The van der Waals surface area contributed by atoms with Crippen LogP contribution in [0.4, 0.5) is 0 Å². The first-order chi connectivity index (χ1) is 10.4. The van der Waals surface area contributed by atoms with E-state index in [0.717, 1.165) is 23.3 Å². The molecule has 0 aliphatic carbocycles. The molecule has 1 rings (SSSR count). The van der Waals surface area contributed by atoms with E-state index < -0.39 is 5.97 Å². The fourth-order valence-corrected chi connectivity index (χ4v) is 1.91. The average molecular weight is 307 g/mol. The topological polar surface area (TPSA) is 68.1 Å². The Kier molecular flexibility index (Phi) is 7.43. The first-order valence-corrected chi connectivity index (χ1v) is 7.56. The van der Waals surface area contributed by atoms with Gasteiger partial charge in [-0.2, -0.15) is 0 Å². The number of oxime groups is 1. The minimum absolute atomic E-state index is 0.0560. The van der Waals surface area contributed by atoms with Gasteiger partial charge in [-0.05, 0) is 57.7 Å². The van der Waals surface area contributed by atoms with E-state index in [1.54, 1.807) is 13.8 Å². The smallest absolute Gasteiger partial charge is 0.356 e. The van der Waals surface area contributed by atoms with Crippen molar-refractivity contribution in [3.8, 4) is 5.75 Å². The van der Waals surface area contributed by atoms with Crippen LogP contribution in [0.5, 0.6) is 5.75 Å². The largest absolute Gasteiger partial charge is 0.493 e. The molecule has 0 saturated heterocycles. The van der Waals surface area contributed by atoms with Crippen LogP contribution in [-0.2, 0) is 9.53 Å². The van der Waals surface area contributed by atoms with Crippen LogP contribution < -0.4 is 4.74 Å². The summed E-state index contributed by atoms with van der Waals surface area (Å²) in [6.07, 6.45) is 1.61. The van der Waals surface area contributed by atoms with Crippen molar-refractivity contribution in [2.75, 3.05) is 6.61 Å². The Hall–Kier alpha value is -2.04. The third kappa shape index (κ3) is 6.16. The quantitative estimate of drug-likeness (QED) is 0.262. The molecule has 5 nitrogen and oxygen atoms in total. The summed E-state index contributed by atoms with van der Waals surface area (Å²) in [5.41, 5.74) is 2.32. The van der Waals surface area contributed by atoms with Gasteiger partial charge in [-0.1, -0.05) is 17.3 Å². The third-order valence-corrected chi connectivity index (χ3v) is 3.11. The number of aryl methyl sites for hydroxylation is 2. The number of rotatable bonds is 8. The van der Waals surface area contributed by atoms with Crippen molar-refractivity contribution in [1.29, 1.82) is 0 Å². The summed E-state index contributed by atoms with van der Waals surface area (Å²) >= 11 is 0. The molecule has 0 atom stereocenters. The Bertz CT molecular complexity index is 523. The lowest BCUT2D eigenvalue weighted by Crippen LogP contribution is -2.21. The molecular weight excluding hydrogens is 282 g/mol. The maximum Gasteiger partial charge on any atom is 0.356 e. The molecule has 22 heavy (non-hydrogen) atoms. The van der Waals surface area contributed by atoms with Gasteiger partial charge in [0.05, 0.1) is 12.7 Å². The molecule has 0 spiro atoms. The zero-order valence-corrected chi connectivity index (χ0v) is 13.8. The summed E-state index contributed by atoms with van der Waals surface area (Å²) < 4.78 is 10.7. The number of nitrogens with zero attached hydrogens (tertiary/aromatic N) is 1. The van der Waals surface area contributed by atoms with Crippen molar-refractivity contribution in [2.45, 2.75) is 53.1 Å². The van der Waals surface area contributed by atoms with Crippen molar-refractivity contribution in [2.24, 2.45) is 5.16 Å². The second kappa shape index (κ2) is 9.07. The summed E-state index contributed by atoms with van der Waals surface area (Å²) in [5, 5.41) is 11.9.